The van der Waals surface area contributed by atoms with Gasteiger partial charge in [0.2, 0.25) is 5.82 Å². The van der Waals surface area contributed by atoms with Crippen LogP contribution in [0.1, 0.15) is 42.5 Å². The van der Waals surface area contributed by atoms with Crippen LogP contribution < -0.4 is 15.0 Å². The summed E-state index contributed by atoms with van der Waals surface area (Å²) in [6, 6.07) is 19.1. The van der Waals surface area contributed by atoms with Crippen molar-refractivity contribution < 1.29 is 18.4 Å². The number of ether oxygens (including phenoxy) is 1. The van der Waals surface area contributed by atoms with Crippen LogP contribution in [0.3, 0.4) is 0 Å². The van der Waals surface area contributed by atoms with Crippen molar-refractivity contribution in [1.82, 2.24) is 15.5 Å². The van der Waals surface area contributed by atoms with Gasteiger partial charge < -0.3 is 14.6 Å². The Balaban J connectivity index is 1.63. The number of nitrogens with zero attached hydrogens (tertiary/aromatic N) is 3. The maximum Gasteiger partial charge on any atom is 0.326 e. The SMILES string of the molecule is CCc1ccc(-c2noc(C3=C(C)N(c4ccc(F)c(C)c4)C(=O)NC3c3ccc(OC)cc3)n2)cc1. The van der Waals surface area contributed by atoms with Crippen molar-refractivity contribution in [2.45, 2.75) is 33.2 Å². The Kier molecular flexibility index (Phi) is 6.48. The largest absolute Gasteiger partial charge is 0.497 e. The Morgan fingerprint density at radius 1 is 1.05 bits per heavy atom. The maximum absolute atomic E-state index is 14.0. The third-order valence-corrected chi connectivity index (χ3v) is 6.61. The number of aromatic nitrogens is 2. The molecule has 0 fully saturated rings. The fraction of sp³-hybridized carbons (Fsp3) is 0.207. The van der Waals surface area contributed by atoms with E-state index in [0.717, 1.165) is 17.5 Å². The second kappa shape index (κ2) is 9.89. The predicted octanol–water partition coefficient (Wildman–Crippen LogP) is 6.46. The van der Waals surface area contributed by atoms with E-state index in [9.17, 15) is 9.18 Å². The molecule has 2 amide bonds. The van der Waals surface area contributed by atoms with E-state index in [0.29, 0.717) is 34.1 Å². The van der Waals surface area contributed by atoms with Gasteiger partial charge in [0.1, 0.15) is 11.6 Å². The number of rotatable bonds is 6. The number of allylic oxidation sites excluding steroid dienone is 1. The first-order valence-corrected chi connectivity index (χ1v) is 12.0. The van der Waals surface area contributed by atoms with E-state index < -0.39 is 6.04 Å². The molecule has 0 radical (unpaired) electrons. The van der Waals surface area contributed by atoms with Crippen LogP contribution in [0.4, 0.5) is 14.9 Å². The molecular formula is C29H27FN4O3. The fourth-order valence-corrected chi connectivity index (χ4v) is 4.48. The molecule has 1 atom stereocenters. The van der Waals surface area contributed by atoms with Gasteiger partial charge in [-0.25, -0.2) is 9.18 Å². The Morgan fingerprint density at radius 2 is 1.78 bits per heavy atom. The maximum atomic E-state index is 14.0. The second-order valence-corrected chi connectivity index (χ2v) is 8.90. The highest BCUT2D eigenvalue weighted by atomic mass is 19.1. The van der Waals surface area contributed by atoms with Gasteiger partial charge in [0.05, 0.1) is 24.4 Å². The van der Waals surface area contributed by atoms with Crippen LogP contribution in [-0.2, 0) is 6.42 Å². The van der Waals surface area contributed by atoms with Crippen LogP contribution in [0.25, 0.3) is 17.0 Å². The fourth-order valence-electron chi connectivity index (χ4n) is 4.48. The Morgan fingerprint density at radius 3 is 2.43 bits per heavy atom. The number of anilines is 1. The summed E-state index contributed by atoms with van der Waals surface area (Å²) < 4.78 is 25.0. The Labute approximate surface area is 214 Å². The van der Waals surface area contributed by atoms with Crippen molar-refractivity contribution in [3.63, 3.8) is 0 Å². The number of carbonyl (C=O) groups excluding carboxylic acids is 1. The molecule has 4 aromatic rings. The third-order valence-electron chi connectivity index (χ3n) is 6.61. The minimum Gasteiger partial charge on any atom is -0.497 e. The number of amides is 2. The van der Waals surface area contributed by atoms with E-state index in [1.807, 2.05) is 55.5 Å². The van der Waals surface area contributed by atoms with Crippen molar-refractivity contribution >= 4 is 17.3 Å². The Hall–Kier alpha value is -4.46. The van der Waals surface area contributed by atoms with Crippen molar-refractivity contribution in [3.8, 4) is 17.1 Å². The zero-order valence-electron chi connectivity index (χ0n) is 21.1. The molecule has 0 bridgehead atoms. The van der Waals surface area contributed by atoms with Crippen LogP contribution in [0, 0.1) is 12.7 Å². The summed E-state index contributed by atoms with van der Waals surface area (Å²) in [5, 5.41) is 7.29. The molecule has 0 saturated carbocycles. The van der Waals surface area contributed by atoms with Gasteiger partial charge in [-0.1, -0.05) is 48.5 Å². The molecule has 1 unspecified atom stereocenters. The monoisotopic (exact) mass is 498 g/mol. The van der Waals surface area contributed by atoms with E-state index in [1.54, 1.807) is 26.2 Å². The van der Waals surface area contributed by atoms with E-state index in [-0.39, 0.29) is 17.7 Å². The quantitative estimate of drug-likeness (QED) is 0.330. The summed E-state index contributed by atoms with van der Waals surface area (Å²) >= 11 is 0. The van der Waals surface area contributed by atoms with Gasteiger partial charge in [0.25, 0.3) is 5.89 Å². The highest BCUT2D eigenvalue weighted by molar-refractivity contribution is 6.01. The van der Waals surface area contributed by atoms with Gasteiger partial charge in [-0.05, 0) is 67.3 Å². The first kappa shape index (κ1) is 24.2. The van der Waals surface area contributed by atoms with Crippen molar-refractivity contribution in [1.29, 1.82) is 0 Å². The van der Waals surface area contributed by atoms with Crippen molar-refractivity contribution in [3.05, 3.63) is 101 Å². The van der Waals surface area contributed by atoms with Gasteiger partial charge in [0.15, 0.2) is 0 Å². The number of aryl methyl sites for hydroxylation is 2. The molecule has 5 rings (SSSR count). The normalized spacial score (nSPS) is 15.6. The topological polar surface area (TPSA) is 80.5 Å². The predicted molar refractivity (Wildman–Crippen MR) is 140 cm³/mol. The number of halogens is 1. The first-order chi connectivity index (χ1) is 17.9. The van der Waals surface area contributed by atoms with E-state index in [1.165, 1.54) is 16.5 Å². The molecule has 2 heterocycles. The summed E-state index contributed by atoms with van der Waals surface area (Å²) in [5.41, 5.74) is 5.10. The van der Waals surface area contributed by atoms with Crippen molar-refractivity contribution in [2.24, 2.45) is 0 Å². The standard InChI is InChI=1S/C29H27FN4O3/c1-5-19-6-8-21(9-7-19)27-32-28(37-33-27)25-18(3)34(22-12-15-24(30)17(2)16-22)29(35)31-26(25)20-10-13-23(36-4)14-11-20/h6-16,26H,5H2,1-4H3,(H,31,35). The lowest BCUT2D eigenvalue weighted by Gasteiger charge is -2.35. The molecule has 37 heavy (non-hydrogen) atoms. The smallest absolute Gasteiger partial charge is 0.326 e. The first-order valence-electron chi connectivity index (χ1n) is 12.0. The lowest BCUT2D eigenvalue weighted by atomic mass is 9.94. The van der Waals surface area contributed by atoms with Gasteiger partial charge in [-0.3, -0.25) is 4.90 Å². The van der Waals surface area contributed by atoms with E-state index >= 15 is 0 Å². The minimum atomic E-state index is -0.549. The molecule has 1 N–H and O–H groups in total. The Bertz CT molecular complexity index is 1480. The third kappa shape index (κ3) is 4.58. The van der Waals surface area contributed by atoms with Gasteiger partial charge >= 0.3 is 6.03 Å². The van der Waals surface area contributed by atoms with Gasteiger partial charge in [-0.15, -0.1) is 0 Å². The van der Waals surface area contributed by atoms with E-state index in [4.69, 9.17) is 14.2 Å². The number of hydrogen-bond donors (Lipinski definition) is 1. The molecule has 3 aromatic carbocycles. The van der Waals surface area contributed by atoms with Gasteiger partial charge in [-0.2, -0.15) is 4.98 Å². The average Bonchev–Trinajstić information content (AvgIpc) is 3.40. The summed E-state index contributed by atoms with van der Waals surface area (Å²) in [6.45, 7) is 5.58. The number of carbonyl (C=O) groups is 1. The van der Waals surface area contributed by atoms with Crippen molar-refractivity contribution in [2.75, 3.05) is 12.0 Å². The number of methoxy groups -OCH3 is 1. The summed E-state index contributed by atoms with van der Waals surface area (Å²) in [6.07, 6.45) is 0.936. The molecule has 8 heteroatoms. The van der Waals surface area contributed by atoms with Crippen LogP contribution in [0.15, 0.2) is 77.0 Å². The molecule has 1 aromatic heterocycles. The molecule has 0 saturated heterocycles. The van der Waals surface area contributed by atoms with Crippen LogP contribution in [-0.4, -0.2) is 23.3 Å². The summed E-state index contributed by atoms with van der Waals surface area (Å²) in [4.78, 5) is 19.6. The highest BCUT2D eigenvalue weighted by Gasteiger charge is 2.36. The average molecular weight is 499 g/mol. The minimum absolute atomic E-state index is 0.289. The van der Waals surface area contributed by atoms with Gasteiger partial charge in [0, 0.05) is 11.3 Å². The summed E-state index contributed by atoms with van der Waals surface area (Å²) in [7, 11) is 1.60. The number of hydrogen-bond acceptors (Lipinski definition) is 5. The van der Waals surface area contributed by atoms with Crippen LogP contribution >= 0.6 is 0 Å². The lowest BCUT2D eigenvalue weighted by molar-refractivity contribution is 0.244. The molecular weight excluding hydrogens is 471 g/mol. The van der Waals surface area contributed by atoms with E-state index in [2.05, 4.69) is 17.4 Å². The molecule has 0 spiro atoms. The van der Waals surface area contributed by atoms with Crippen LogP contribution in [0.2, 0.25) is 0 Å². The molecule has 1 aliphatic rings. The number of urea groups is 1. The second-order valence-electron chi connectivity index (χ2n) is 8.90. The van der Waals surface area contributed by atoms with Crippen LogP contribution in [0.5, 0.6) is 5.75 Å². The molecule has 0 aliphatic carbocycles. The summed E-state index contributed by atoms with van der Waals surface area (Å²) in [5.74, 6) is 1.10. The zero-order chi connectivity index (χ0) is 26.1. The number of nitrogens with one attached hydrogen (secondary N) is 1. The molecule has 1 aliphatic heterocycles. The number of benzene rings is 3. The molecule has 188 valence electrons. The molecule has 7 nitrogen and oxygen atoms in total. The highest BCUT2D eigenvalue weighted by Crippen LogP contribution is 2.39. The zero-order valence-corrected chi connectivity index (χ0v) is 21.1. The lowest BCUT2D eigenvalue weighted by Crippen LogP contribution is -2.46.